The van der Waals surface area contributed by atoms with Crippen LogP contribution in [-0.2, 0) is 14.6 Å². The van der Waals surface area contributed by atoms with Gasteiger partial charge in [-0.05, 0) is 30.2 Å². The molecular weight excluding hydrogens is 298 g/mol. The van der Waals surface area contributed by atoms with Crippen molar-refractivity contribution in [1.82, 2.24) is 4.90 Å². The highest BCUT2D eigenvalue weighted by Crippen LogP contribution is 2.33. The molecular formula is C14H14ClNO3S. The van der Waals surface area contributed by atoms with Crippen molar-refractivity contribution >= 4 is 33.4 Å². The lowest BCUT2D eigenvalue weighted by Gasteiger charge is -2.25. The monoisotopic (exact) mass is 311 g/mol. The van der Waals surface area contributed by atoms with Crippen molar-refractivity contribution < 1.29 is 13.2 Å². The van der Waals surface area contributed by atoms with Crippen LogP contribution in [0.5, 0.6) is 0 Å². The standard InChI is InChI=1S/C14H14ClNO3S/c15-11-4-1-10(2-5-11)3-6-14(17)16-8-13-7-12(16)9-20(13,18)19/h1-6,12-13H,7-9H2/b6-3+. The highest BCUT2D eigenvalue weighted by molar-refractivity contribution is 7.92. The van der Waals surface area contributed by atoms with E-state index in [0.29, 0.717) is 18.0 Å². The third-order valence-corrected chi connectivity index (χ3v) is 6.34. The predicted molar refractivity (Wildman–Crippen MR) is 78.2 cm³/mol. The molecule has 1 amide bonds. The molecule has 2 atom stereocenters. The van der Waals surface area contributed by atoms with E-state index in [1.165, 1.54) is 6.08 Å². The SMILES string of the molecule is O=C(/C=C/c1ccc(Cl)cc1)N1CC2CC1CS2(=O)=O. The van der Waals surface area contributed by atoms with E-state index in [4.69, 9.17) is 11.6 Å². The average Bonchev–Trinajstić information content (AvgIpc) is 2.93. The molecule has 0 aliphatic carbocycles. The van der Waals surface area contributed by atoms with Gasteiger partial charge >= 0.3 is 0 Å². The van der Waals surface area contributed by atoms with Crippen LogP contribution < -0.4 is 0 Å². The highest BCUT2D eigenvalue weighted by atomic mass is 35.5. The summed E-state index contributed by atoms with van der Waals surface area (Å²) in [4.78, 5) is 13.8. The van der Waals surface area contributed by atoms with Gasteiger partial charge in [-0.1, -0.05) is 23.7 Å². The molecule has 2 bridgehead atoms. The Hall–Kier alpha value is -1.33. The van der Waals surface area contributed by atoms with Crippen molar-refractivity contribution in [2.45, 2.75) is 17.7 Å². The number of rotatable bonds is 2. The first-order chi connectivity index (χ1) is 9.45. The average molecular weight is 312 g/mol. The predicted octanol–water partition coefficient (Wildman–Crippen LogP) is 1.75. The molecule has 6 heteroatoms. The molecule has 2 fully saturated rings. The van der Waals surface area contributed by atoms with Crippen LogP contribution in [0, 0.1) is 0 Å². The van der Waals surface area contributed by atoms with Gasteiger partial charge in [0.1, 0.15) is 0 Å². The molecule has 20 heavy (non-hydrogen) atoms. The maximum Gasteiger partial charge on any atom is 0.246 e. The minimum absolute atomic E-state index is 0.109. The van der Waals surface area contributed by atoms with Crippen molar-refractivity contribution in [2.24, 2.45) is 0 Å². The van der Waals surface area contributed by atoms with E-state index in [2.05, 4.69) is 0 Å². The molecule has 2 saturated heterocycles. The van der Waals surface area contributed by atoms with Gasteiger partial charge < -0.3 is 4.90 Å². The van der Waals surface area contributed by atoms with E-state index in [-0.39, 0.29) is 23.0 Å². The number of carbonyl (C=O) groups excluding carboxylic acids is 1. The van der Waals surface area contributed by atoms with Crippen LogP contribution in [0.15, 0.2) is 30.3 Å². The normalized spacial score (nSPS) is 27.4. The number of likely N-dealkylation sites (tertiary alicyclic amines) is 1. The van der Waals surface area contributed by atoms with Crippen molar-refractivity contribution in [3.63, 3.8) is 0 Å². The lowest BCUT2D eigenvalue weighted by Crippen LogP contribution is -2.43. The molecule has 0 radical (unpaired) electrons. The van der Waals surface area contributed by atoms with E-state index in [0.717, 1.165) is 5.56 Å². The van der Waals surface area contributed by atoms with Gasteiger partial charge in [-0.3, -0.25) is 4.79 Å². The number of carbonyl (C=O) groups is 1. The summed E-state index contributed by atoms with van der Waals surface area (Å²) < 4.78 is 23.3. The van der Waals surface area contributed by atoms with Crippen molar-refractivity contribution in [3.8, 4) is 0 Å². The molecule has 0 saturated carbocycles. The number of hydrogen-bond acceptors (Lipinski definition) is 3. The first-order valence-corrected chi connectivity index (χ1v) is 8.51. The second-order valence-electron chi connectivity index (χ2n) is 5.22. The van der Waals surface area contributed by atoms with E-state index < -0.39 is 9.84 Å². The number of sulfone groups is 1. The van der Waals surface area contributed by atoms with Gasteiger partial charge in [0.05, 0.1) is 11.0 Å². The molecule has 2 heterocycles. The maximum atomic E-state index is 12.1. The van der Waals surface area contributed by atoms with Crippen molar-refractivity contribution in [3.05, 3.63) is 40.9 Å². The molecule has 106 valence electrons. The summed E-state index contributed by atoms with van der Waals surface area (Å²) in [5.74, 6) is -0.0135. The Labute approximate surface area is 122 Å². The van der Waals surface area contributed by atoms with Gasteiger partial charge in [-0.25, -0.2) is 8.42 Å². The summed E-state index contributed by atoms with van der Waals surface area (Å²) in [5, 5.41) is 0.288. The number of nitrogens with zero attached hydrogens (tertiary/aromatic N) is 1. The number of fused-ring (bicyclic) bond motifs is 2. The number of halogens is 1. The number of benzene rings is 1. The Morgan fingerprint density at radius 3 is 2.55 bits per heavy atom. The third kappa shape index (κ3) is 2.47. The molecule has 1 aromatic carbocycles. The second kappa shape index (κ2) is 4.90. The summed E-state index contributed by atoms with van der Waals surface area (Å²) >= 11 is 5.79. The van der Waals surface area contributed by atoms with Gasteiger partial charge in [0.25, 0.3) is 0 Å². The largest absolute Gasteiger partial charge is 0.334 e. The van der Waals surface area contributed by atoms with Crippen LogP contribution in [0.2, 0.25) is 5.02 Å². The lowest BCUT2D eigenvalue weighted by molar-refractivity contribution is -0.126. The fourth-order valence-electron chi connectivity index (χ4n) is 2.80. The van der Waals surface area contributed by atoms with Crippen LogP contribution in [0.3, 0.4) is 0 Å². The van der Waals surface area contributed by atoms with Gasteiger partial charge in [-0.15, -0.1) is 0 Å². The summed E-state index contributed by atoms with van der Waals surface area (Å²) in [6, 6.07) is 7.03. The topological polar surface area (TPSA) is 54.5 Å². The summed E-state index contributed by atoms with van der Waals surface area (Å²) in [6.45, 7) is 0.330. The van der Waals surface area contributed by atoms with Crippen molar-refractivity contribution in [2.75, 3.05) is 12.3 Å². The third-order valence-electron chi connectivity index (χ3n) is 3.88. The molecule has 0 aromatic heterocycles. The first-order valence-electron chi connectivity index (χ1n) is 6.41. The molecule has 3 rings (SSSR count). The number of hydrogen-bond donors (Lipinski definition) is 0. The molecule has 4 nitrogen and oxygen atoms in total. The first kappa shape index (κ1) is 13.6. The van der Waals surface area contributed by atoms with Crippen LogP contribution in [-0.4, -0.2) is 42.8 Å². The fraction of sp³-hybridized carbons (Fsp3) is 0.357. The Morgan fingerprint density at radius 1 is 1.30 bits per heavy atom. The molecule has 2 aliphatic rings. The Bertz CT molecular complexity index is 666. The quantitative estimate of drug-likeness (QED) is 0.782. The molecule has 1 aromatic rings. The van der Waals surface area contributed by atoms with Crippen molar-refractivity contribution in [1.29, 1.82) is 0 Å². The minimum atomic E-state index is -2.96. The zero-order chi connectivity index (χ0) is 14.3. The van der Waals surface area contributed by atoms with E-state index in [1.54, 1.807) is 23.1 Å². The molecule has 2 aliphatic heterocycles. The summed E-state index contributed by atoms with van der Waals surface area (Å²) in [6.07, 6.45) is 3.80. The van der Waals surface area contributed by atoms with Crippen LogP contribution in [0.1, 0.15) is 12.0 Å². The van der Waals surface area contributed by atoms with E-state index in [1.807, 2.05) is 12.1 Å². The highest BCUT2D eigenvalue weighted by Gasteiger charge is 2.49. The van der Waals surface area contributed by atoms with Gasteiger partial charge in [0.2, 0.25) is 5.91 Å². The fourth-order valence-corrected chi connectivity index (χ4v) is 4.96. The van der Waals surface area contributed by atoms with Gasteiger partial charge in [0.15, 0.2) is 9.84 Å². The second-order valence-corrected chi connectivity index (χ2v) is 7.98. The number of amides is 1. The van der Waals surface area contributed by atoms with Gasteiger partial charge in [0, 0.05) is 23.7 Å². The minimum Gasteiger partial charge on any atom is -0.334 e. The van der Waals surface area contributed by atoms with Crippen LogP contribution in [0.4, 0.5) is 0 Å². The van der Waals surface area contributed by atoms with Crippen LogP contribution >= 0.6 is 11.6 Å². The Morgan fingerprint density at radius 2 is 2.00 bits per heavy atom. The smallest absolute Gasteiger partial charge is 0.246 e. The lowest BCUT2D eigenvalue weighted by atomic mass is 10.2. The zero-order valence-electron chi connectivity index (χ0n) is 10.7. The zero-order valence-corrected chi connectivity index (χ0v) is 12.3. The van der Waals surface area contributed by atoms with Gasteiger partial charge in [-0.2, -0.15) is 0 Å². The summed E-state index contributed by atoms with van der Waals surface area (Å²) in [5.41, 5.74) is 0.889. The molecule has 0 N–H and O–H groups in total. The maximum absolute atomic E-state index is 12.1. The Kier molecular flexibility index (Phi) is 3.34. The molecule has 0 spiro atoms. The van der Waals surface area contributed by atoms with Crippen LogP contribution in [0.25, 0.3) is 6.08 Å². The Balaban J connectivity index is 1.68. The summed E-state index contributed by atoms with van der Waals surface area (Å²) in [7, 11) is -2.96. The molecule has 2 unspecified atom stereocenters. The van der Waals surface area contributed by atoms with E-state index in [9.17, 15) is 13.2 Å². The van der Waals surface area contributed by atoms with E-state index >= 15 is 0 Å².